The number of aryl methyl sites for hydroxylation is 1. The summed E-state index contributed by atoms with van der Waals surface area (Å²) >= 11 is 3.30. The standard InChI is InChI=1S/C15H14BrNO3S/c1-11-5-7-14(8-6-11)21(19,20)15(17-10-18)12-3-2-4-13(16)9-12/h2-10,15H,1H3,(H,17,18). The van der Waals surface area contributed by atoms with Crippen molar-refractivity contribution >= 4 is 32.2 Å². The minimum atomic E-state index is -3.71. The first-order valence-corrected chi connectivity index (χ1v) is 8.55. The lowest BCUT2D eigenvalue weighted by Crippen LogP contribution is -2.28. The Morgan fingerprint density at radius 2 is 1.81 bits per heavy atom. The molecule has 2 aromatic carbocycles. The smallest absolute Gasteiger partial charge is 0.208 e. The second-order valence-corrected chi connectivity index (χ2v) is 7.53. The van der Waals surface area contributed by atoms with E-state index in [4.69, 9.17) is 0 Å². The molecule has 0 aliphatic heterocycles. The summed E-state index contributed by atoms with van der Waals surface area (Å²) in [5.74, 6) is 0. The molecule has 0 spiro atoms. The molecule has 21 heavy (non-hydrogen) atoms. The van der Waals surface area contributed by atoms with Crippen LogP contribution in [0, 0.1) is 6.92 Å². The van der Waals surface area contributed by atoms with E-state index in [1.807, 2.05) is 6.92 Å². The fourth-order valence-corrected chi connectivity index (χ4v) is 3.90. The van der Waals surface area contributed by atoms with Gasteiger partial charge in [-0.1, -0.05) is 45.8 Å². The Bertz CT molecular complexity index is 742. The van der Waals surface area contributed by atoms with Crippen LogP contribution in [0.2, 0.25) is 0 Å². The fraction of sp³-hybridized carbons (Fsp3) is 0.133. The number of halogens is 1. The first-order chi connectivity index (χ1) is 9.95. The molecule has 1 atom stereocenters. The number of nitrogens with one attached hydrogen (secondary N) is 1. The maximum Gasteiger partial charge on any atom is 0.208 e. The first-order valence-electron chi connectivity index (χ1n) is 6.21. The highest BCUT2D eigenvalue weighted by atomic mass is 79.9. The van der Waals surface area contributed by atoms with Gasteiger partial charge in [0.2, 0.25) is 16.2 Å². The van der Waals surface area contributed by atoms with Gasteiger partial charge in [0.1, 0.15) is 0 Å². The van der Waals surface area contributed by atoms with Gasteiger partial charge in [-0.05, 0) is 36.8 Å². The predicted octanol–water partition coefficient (Wildman–Crippen LogP) is 2.98. The lowest BCUT2D eigenvalue weighted by molar-refractivity contribution is -0.109. The van der Waals surface area contributed by atoms with Crippen molar-refractivity contribution in [1.82, 2.24) is 5.32 Å². The normalized spacial score (nSPS) is 12.7. The number of sulfone groups is 1. The molecule has 0 heterocycles. The van der Waals surface area contributed by atoms with Crippen molar-refractivity contribution in [3.63, 3.8) is 0 Å². The summed E-state index contributed by atoms with van der Waals surface area (Å²) in [5, 5.41) is 1.27. The van der Waals surface area contributed by atoms with Crippen molar-refractivity contribution in [2.75, 3.05) is 0 Å². The molecule has 0 aromatic heterocycles. The van der Waals surface area contributed by atoms with E-state index in [9.17, 15) is 13.2 Å². The molecule has 0 fully saturated rings. The maximum atomic E-state index is 12.7. The Balaban J connectivity index is 2.50. The number of rotatable bonds is 5. The molecule has 110 valence electrons. The minimum absolute atomic E-state index is 0.174. The van der Waals surface area contributed by atoms with E-state index in [1.165, 1.54) is 0 Å². The van der Waals surface area contributed by atoms with Gasteiger partial charge < -0.3 is 5.32 Å². The van der Waals surface area contributed by atoms with Crippen LogP contribution in [0.3, 0.4) is 0 Å². The van der Waals surface area contributed by atoms with Crippen LogP contribution in [0.15, 0.2) is 57.9 Å². The molecule has 0 aliphatic carbocycles. The molecular weight excluding hydrogens is 354 g/mol. The highest BCUT2D eigenvalue weighted by molar-refractivity contribution is 9.10. The average Bonchev–Trinajstić information content (AvgIpc) is 2.45. The SMILES string of the molecule is Cc1ccc(S(=O)(=O)C(NC=O)c2cccc(Br)c2)cc1. The molecule has 0 radical (unpaired) electrons. The topological polar surface area (TPSA) is 63.2 Å². The number of amides is 1. The molecule has 0 saturated heterocycles. The Labute approximate surface area is 132 Å². The van der Waals surface area contributed by atoms with Crippen LogP contribution in [-0.2, 0) is 14.6 Å². The first kappa shape index (κ1) is 15.7. The van der Waals surface area contributed by atoms with E-state index in [0.717, 1.165) is 10.0 Å². The van der Waals surface area contributed by atoms with E-state index < -0.39 is 15.2 Å². The monoisotopic (exact) mass is 367 g/mol. The lowest BCUT2D eigenvalue weighted by Gasteiger charge is -2.17. The molecule has 0 bridgehead atoms. The largest absolute Gasteiger partial charge is 0.338 e. The highest BCUT2D eigenvalue weighted by Gasteiger charge is 2.28. The summed E-state index contributed by atoms with van der Waals surface area (Å²) in [6, 6.07) is 13.4. The Morgan fingerprint density at radius 3 is 2.38 bits per heavy atom. The molecule has 0 saturated carbocycles. The van der Waals surface area contributed by atoms with Crippen molar-refractivity contribution in [3.05, 3.63) is 64.1 Å². The maximum absolute atomic E-state index is 12.7. The molecule has 1 N–H and O–H groups in total. The average molecular weight is 368 g/mol. The van der Waals surface area contributed by atoms with Gasteiger partial charge in [0.25, 0.3) is 0 Å². The van der Waals surface area contributed by atoms with Crippen LogP contribution in [0.1, 0.15) is 16.5 Å². The van der Waals surface area contributed by atoms with Crippen LogP contribution < -0.4 is 5.32 Å². The summed E-state index contributed by atoms with van der Waals surface area (Å²) < 4.78 is 26.2. The number of benzene rings is 2. The van der Waals surface area contributed by atoms with Crippen LogP contribution in [-0.4, -0.2) is 14.8 Å². The summed E-state index contributed by atoms with van der Waals surface area (Å²) in [6.07, 6.45) is 0.400. The quantitative estimate of drug-likeness (QED) is 0.826. The summed E-state index contributed by atoms with van der Waals surface area (Å²) in [6.45, 7) is 1.88. The van der Waals surface area contributed by atoms with Gasteiger partial charge in [0, 0.05) is 4.47 Å². The van der Waals surface area contributed by atoms with E-state index in [0.29, 0.717) is 12.0 Å². The predicted molar refractivity (Wildman–Crippen MR) is 84.4 cm³/mol. The minimum Gasteiger partial charge on any atom is -0.338 e. The number of hydrogen-bond acceptors (Lipinski definition) is 3. The van der Waals surface area contributed by atoms with E-state index in [2.05, 4.69) is 21.2 Å². The van der Waals surface area contributed by atoms with E-state index in [-0.39, 0.29) is 4.90 Å². The Kier molecular flexibility index (Phi) is 4.80. The number of hydrogen-bond donors (Lipinski definition) is 1. The molecule has 1 amide bonds. The van der Waals surface area contributed by atoms with Gasteiger partial charge in [-0.25, -0.2) is 8.42 Å². The molecular formula is C15H14BrNO3S. The molecule has 6 heteroatoms. The van der Waals surface area contributed by atoms with Crippen molar-refractivity contribution in [1.29, 1.82) is 0 Å². The fourth-order valence-electron chi connectivity index (χ4n) is 1.96. The second-order valence-electron chi connectivity index (χ2n) is 4.58. The van der Waals surface area contributed by atoms with Crippen LogP contribution in [0.5, 0.6) is 0 Å². The third kappa shape index (κ3) is 3.51. The zero-order valence-electron chi connectivity index (χ0n) is 11.3. The highest BCUT2D eigenvalue weighted by Crippen LogP contribution is 2.28. The van der Waals surface area contributed by atoms with Crippen molar-refractivity contribution in [2.24, 2.45) is 0 Å². The summed E-state index contributed by atoms with van der Waals surface area (Å²) in [5.41, 5.74) is 1.47. The van der Waals surface area contributed by atoms with Gasteiger partial charge in [-0.15, -0.1) is 0 Å². The lowest BCUT2D eigenvalue weighted by atomic mass is 10.2. The van der Waals surface area contributed by atoms with Gasteiger partial charge in [0.05, 0.1) is 4.90 Å². The molecule has 4 nitrogen and oxygen atoms in total. The summed E-state index contributed by atoms with van der Waals surface area (Å²) in [7, 11) is -3.71. The molecule has 1 unspecified atom stereocenters. The van der Waals surface area contributed by atoms with E-state index >= 15 is 0 Å². The van der Waals surface area contributed by atoms with Crippen molar-refractivity contribution < 1.29 is 13.2 Å². The van der Waals surface area contributed by atoms with Crippen molar-refractivity contribution in [2.45, 2.75) is 17.2 Å². The van der Waals surface area contributed by atoms with Crippen LogP contribution >= 0.6 is 15.9 Å². The third-order valence-electron chi connectivity index (χ3n) is 3.03. The zero-order chi connectivity index (χ0) is 15.5. The van der Waals surface area contributed by atoms with Gasteiger partial charge >= 0.3 is 0 Å². The Hall–Kier alpha value is -1.66. The van der Waals surface area contributed by atoms with E-state index in [1.54, 1.807) is 48.5 Å². The molecule has 0 aliphatic rings. The number of carbonyl (C=O) groups excluding carboxylic acids is 1. The van der Waals surface area contributed by atoms with Gasteiger partial charge in [-0.2, -0.15) is 0 Å². The molecule has 2 aromatic rings. The Morgan fingerprint density at radius 1 is 1.14 bits per heavy atom. The third-order valence-corrected chi connectivity index (χ3v) is 5.48. The van der Waals surface area contributed by atoms with Gasteiger partial charge in [-0.3, -0.25) is 4.79 Å². The number of carbonyl (C=O) groups is 1. The van der Waals surface area contributed by atoms with Gasteiger partial charge in [0.15, 0.2) is 5.37 Å². The van der Waals surface area contributed by atoms with Crippen LogP contribution in [0.4, 0.5) is 0 Å². The van der Waals surface area contributed by atoms with Crippen LogP contribution in [0.25, 0.3) is 0 Å². The summed E-state index contributed by atoms with van der Waals surface area (Å²) in [4.78, 5) is 11.0. The zero-order valence-corrected chi connectivity index (χ0v) is 13.7. The molecule has 2 rings (SSSR count). The second kappa shape index (κ2) is 6.41. The van der Waals surface area contributed by atoms with Crippen molar-refractivity contribution in [3.8, 4) is 0 Å².